The fourth-order valence-electron chi connectivity index (χ4n) is 2.45. The molecule has 1 aromatic carbocycles. The molecule has 1 heterocycles. The standard InChI is InChI=1S/C14H14FN5O2/c15-10-4-2-1-3-9(10)14(5-6-14)8-18-13-17-7-11(20(21)22)12(16)19-13/h1-4,7H,5-6,8H2,(H3,16,17,18,19). The van der Waals surface area contributed by atoms with Gasteiger partial charge in [-0.05, 0) is 24.5 Å². The Kier molecular flexibility index (Phi) is 3.36. The summed E-state index contributed by atoms with van der Waals surface area (Å²) in [6, 6.07) is 6.67. The quantitative estimate of drug-likeness (QED) is 0.648. The molecule has 114 valence electrons. The van der Waals surface area contributed by atoms with E-state index in [0.717, 1.165) is 19.0 Å². The molecule has 0 saturated heterocycles. The van der Waals surface area contributed by atoms with Crippen molar-refractivity contribution in [3.63, 3.8) is 0 Å². The zero-order valence-corrected chi connectivity index (χ0v) is 11.6. The molecule has 22 heavy (non-hydrogen) atoms. The third-order valence-corrected chi connectivity index (χ3v) is 3.88. The highest BCUT2D eigenvalue weighted by atomic mass is 19.1. The van der Waals surface area contributed by atoms with Crippen LogP contribution < -0.4 is 11.1 Å². The first-order chi connectivity index (χ1) is 10.5. The molecule has 1 aliphatic carbocycles. The van der Waals surface area contributed by atoms with Gasteiger partial charge in [-0.15, -0.1) is 0 Å². The van der Waals surface area contributed by atoms with E-state index in [1.807, 2.05) is 0 Å². The van der Waals surface area contributed by atoms with Crippen molar-refractivity contribution in [2.45, 2.75) is 18.3 Å². The molecule has 0 aliphatic heterocycles. The predicted octanol–water partition coefficient (Wildman–Crippen LogP) is 2.25. The van der Waals surface area contributed by atoms with Crippen molar-refractivity contribution >= 4 is 17.5 Å². The third-order valence-electron chi connectivity index (χ3n) is 3.88. The van der Waals surface area contributed by atoms with Crippen LogP contribution in [0.4, 0.5) is 21.8 Å². The van der Waals surface area contributed by atoms with Gasteiger partial charge in [0.25, 0.3) is 0 Å². The Balaban J connectivity index is 1.74. The molecular weight excluding hydrogens is 289 g/mol. The van der Waals surface area contributed by atoms with Crippen LogP contribution in [0.3, 0.4) is 0 Å². The molecule has 7 nitrogen and oxygen atoms in total. The number of nitro groups is 1. The monoisotopic (exact) mass is 303 g/mol. The lowest BCUT2D eigenvalue weighted by atomic mass is 9.95. The molecule has 0 amide bonds. The van der Waals surface area contributed by atoms with Crippen LogP contribution in [-0.4, -0.2) is 21.4 Å². The summed E-state index contributed by atoms with van der Waals surface area (Å²) in [6.07, 6.45) is 2.79. The maximum Gasteiger partial charge on any atom is 0.329 e. The van der Waals surface area contributed by atoms with Crippen LogP contribution >= 0.6 is 0 Å². The Morgan fingerprint density at radius 3 is 2.73 bits per heavy atom. The number of rotatable bonds is 5. The topological polar surface area (TPSA) is 107 Å². The van der Waals surface area contributed by atoms with Crippen LogP contribution in [0, 0.1) is 15.9 Å². The number of nitrogen functional groups attached to an aromatic ring is 1. The summed E-state index contributed by atoms with van der Waals surface area (Å²) in [7, 11) is 0. The van der Waals surface area contributed by atoms with Gasteiger partial charge in [-0.3, -0.25) is 10.1 Å². The summed E-state index contributed by atoms with van der Waals surface area (Å²) in [5, 5.41) is 13.7. The van der Waals surface area contributed by atoms with Crippen molar-refractivity contribution in [2.75, 3.05) is 17.6 Å². The van der Waals surface area contributed by atoms with E-state index in [0.29, 0.717) is 12.1 Å². The minimum Gasteiger partial charge on any atom is -0.378 e. The third kappa shape index (κ3) is 2.54. The van der Waals surface area contributed by atoms with Gasteiger partial charge in [0.1, 0.15) is 12.0 Å². The van der Waals surface area contributed by atoms with Gasteiger partial charge in [0.05, 0.1) is 4.92 Å². The summed E-state index contributed by atoms with van der Waals surface area (Å²) >= 11 is 0. The van der Waals surface area contributed by atoms with Gasteiger partial charge in [-0.25, -0.2) is 9.37 Å². The number of aromatic nitrogens is 2. The molecule has 1 saturated carbocycles. The summed E-state index contributed by atoms with van der Waals surface area (Å²) in [5.74, 6) is -0.227. The molecule has 1 fully saturated rings. The largest absolute Gasteiger partial charge is 0.378 e. The van der Waals surface area contributed by atoms with E-state index < -0.39 is 4.92 Å². The molecular formula is C14H14FN5O2. The Hall–Kier alpha value is -2.77. The number of benzene rings is 1. The fourth-order valence-corrected chi connectivity index (χ4v) is 2.45. The fraction of sp³-hybridized carbons (Fsp3) is 0.286. The number of halogens is 1. The number of nitrogens with two attached hydrogens (primary N) is 1. The lowest BCUT2D eigenvalue weighted by Crippen LogP contribution is -2.22. The average Bonchev–Trinajstić information content (AvgIpc) is 3.26. The summed E-state index contributed by atoms with van der Waals surface area (Å²) < 4.78 is 13.9. The van der Waals surface area contributed by atoms with Crippen molar-refractivity contribution in [3.05, 3.63) is 52.0 Å². The second kappa shape index (κ2) is 5.21. The molecule has 1 aromatic heterocycles. The molecule has 2 aromatic rings. The SMILES string of the molecule is Nc1nc(NCC2(c3ccccc3F)CC2)ncc1[N+](=O)[O-]. The molecule has 0 bridgehead atoms. The second-order valence-electron chi connectivity index (χ2n) is 5.33. The highest BCUT2D eigenvalue weighted by Crippen LogP contribution is 2.48. The number of anilines is 2. The Morgan fingerprint density at radius 1 is 1.41 bits per heavy atom. The van der Waals surface area contributed by atoms with Crippen LogP contribution in [0.2, 0.25) is 0 Å². The van der Waals surface area contributed by atoms with E-state index in [9.17, 15) is 14.5 Å². The number of nitrogens with zero attached hydrogens (tertiary/aromatic N) is 3. The van der Waals surface area contributed by atoms with Crippen molar-refractivity contribution in [2.24, 2.45) is 0 Å². The minimum absolute atomic E-state index is 0.196. The van der Waals surface area contributed by atoms with Crippen molar-refractivity contribution in [1.82, 2.24) is 9.97 Å². The Labute approximate surface area is 125 Å². The lowest BCUT2D eigenvalue weighted by molar-refractivity contribution is -0.384. The smallest absolute Gasteiger partial charge is 0.329 e. The summed E-state index contributed by atoms with van der Waals surface area (Å²) in [4.78, 5) is 17.8. The van der Waals surface area contributed by atoms with Gasteiger partial charge < -0.3 is 11.1 Å². The van der Waals surface area contributed by atoms with Gasteiger partial charge in [0.2, 0.25) is 11.8 Å². The van der Waals surface area contributed by atoms with Crippen LogP contribution in [0.15, 0.2) is 30.5 Å². The average molecular weight is 303 g/mol. The van der Waals surface area contributed by atoms with E-state index in [2.05, 4.69) is 15.3 Å². The van der Waals surface area contributed by atoms with Gasteiger partial charge in [0.15, 0.2) is 0 Å². The molecule has 0 unspecified atom stereocenters. The van der Waals surface area contributed by atoms with Gasteiger partial charge in [-0.1, -0.05) is 18.2 Å². The van der Waals surface area contributed by atoms with E-state index >= 15 is 0 Å². The zero-order chi connectivity index (χ0) is 15.7. The van der Waals surface area contributed by atoms with Gasteiger partial charge >= 0.3 is 5.69 Å². The first-order valence-electron chi connectivity index (χ1n) is 6.78. The van der Waals surface area contributed by atoms with Gasteiger partial charge in [0, 0.05) is 12.0 Å². The van der Waals surface area contributed by atoms with E-state index in [1.54, 1.807) is 18.2 Å². The number of nitrogens with one attached hydrogen (secondary N) is 1. The Bertz CT molecular complexity index is 733. The van der Waals surface area contributed by atoms with Crippen molar-refractivity contribution < 1.29 is 9.31 Å². The summed E-state index contributed by atoms with van der Waals surface area (Å²) in [6.45, 7) is 0.450. The highest BCUT2D eigenvalue weighted by molar-refractivity contribution is 5.53. The van der Waals surface area contributed by atoms with Crippen molar-refractivity contribution in [3.8, 4) is 0 Å². The molecule has 0 atom stereocenters. The van der Waals surface area contributed by atoms with Crippen LogP contribution in [-0.2, 0) is 5.41 Å². The summed E-state index contributed by atoms with van der Waals surface area (Å²) in [5.41, 5.74) is 5.58. The minimum atomic E-state index is -0.638. The highest BCUT2D eigenvalue weighted by Gasteiger charge is 2.45. The molecule has 8 heteroatoms. The van der Waals surface area contributed by atoms with Crippen molar-refractivity contribution in [1.29, 1.82) is 0 Å². The second-order valence-corrected chi connectivity index (χ2v) is 5.33. The normalized spacial score (nSPS) is 15.3. The maximum absolute atomic E-state index is 13.9. The first-order valence-corrected chi connectivity index (χ1v) is 6.78. The van der Waals surface area contributed by atoms with Crippen LogP contribution in [0.1, 0.15) is 18.4 Å². The van der Waals surface area contributed by atoms with Crippen LogP contribution in [0.25, 0.3) is 0 Å². The molecule has 3 N–H and O–H groups in total. The van der Waals surface area contributed by atoms with E-state index in [4.69, 9.17) is 5.73 Å². The molecule has 3 rings (SSSR count). The Morgan fingerprint density at radius 2 is 2.14 bits per heavy atom. The molecule has 1 aliphatic rings. The maximum atomic E-state index is 13.9. The lowest BCUT2D eigenvalue weighted by Gasteiger charge is -2.17. The number of hydrogen-bond acceptors (Lipinski definition) is 6. The molecule has 0 spiro atoms. The first kappa shape index (κ1) is 14.2. The van der Waals surface area contributed by atoms with E-state index in [1.165, 1.54) is 6.07 Å². The zero-order valence-electron chi connectivity index (χ0n) is 11.6. The predicted molar refractivity (Wildman–Crippen MR) is 78.9 cm³/mol. The van der Waals surface area contributed by atoms with E-state index in [-0.39, 0.29) is 28.7 Å². The molecule has 0 radical (unpaired) electrons. The van der Waals surface area contributed by atoms with Gasteiger partial charge in [-0.2, -0.15) is 4.98 Å². The number of hydrogen-bond donors (Lipinski definition) is 2. The van der Waals surface area contributed by atoms with Crippen LogP contribution in [0.5, 0.6) is 0 Å².